The van der Waals surface area contributed by atoms with Crippen LogP contribution in [0.5, 0.6) is 0 Å². The number of anilines is 3. The molecular weight excluding hydrogens is 350 g/mol. The monoisotopic (exact) mass is 373 g/mol. The first kappa shape index (κ1) is 18.0. The normalized spacial score (nSPS) is 13.9. The van der Waals surface area contributed by atoms with E-state index in [1.54, 1.807) is 18.5 Å². The lowest BCUT2D eigenvalue weighted by Crippen LogP contribution is -2.43. The highest BCUT2D eigenvalue weighted by atomic mass is 16.1. The van der Waals surface area contributed by atoms with E-state index in [9.17, 15) is 4.79 Å². The van der Waals surface area contributed by atoms with Crippen LogP contribution in [-0.4, -0.2) is 37.1 Å². The predicted octanol–water partition coefficient (Wildman–Crippen LogP) is 2.99. The molecule has 0 aliphatic carbocycles. The van der Waals surface area contributed by atoms with Gasteiger partial charge in [-0.15, -0.1) is 0 Å². The van der Waals surface area contributed by atoms with Gasteiger partial charge in [0.05, 0.1) is 11.4 Å². The number of carbonyl (C=O) groups excluding carboxylic acids is 1. The van der Waals surface area contributed by atoms with Crippen LogP contribution in [0.25, 0.3) is 11.1 Å². The first-order valence-electron chi connectivity index (χ1n) is 9.38. The number of nitrogens with zero attached hydrogens (tertiary/aromatic N) is 2. The molecule has 6 heteroatoms. The number of hydrogen-bond acceptors (Lipinski definition) is 5. The van der Waals surface area contributed by atoms with Gasteiger partial charge in [0.15, 0.2) is 0 Å². The van der Waals surface area contributed by atoms with Crippen molar-refractivity contribution >= 4 is 23.0 Å². The molecule has 0 spiro atoms. The Morgan fingerprint density at radius 1 is 0.964 bits per heavy atom. The molecule has 2 aromatic carbocycles. The molecule has 4 N–H and O–H groups in total. The van der Waals surface area contributed by atoms with Gasteiger partial charge >= 0.3 is 0 Å². The van der Waals surface area contributed by atoms with Crippen LogP contribution in [0.4, 0.5) is 17.1 Å². The number of pyridine rings is 1. The van der Waals surface area contributed by atoms with E-state index in [4.69, 9.17) is 5.73 Å². The minimum atomic E-state index is -0.176. The van der Waals surface area contributed by atoms with Gasteiger partial charge in [-0.25, -0.2) is 0 Å². The van der Waals surface area contributed by atoms with Gasteiger partial charge in [0.25, 0.3) is 5.91 Å². The van der Waals surface area contributed by atoms with Crippen molar-refractivity contribution in [1.82, 2.24) is 10.3 Å². The third-order valence-electron chi connectivity index (χ3n) is 4.93. The zero-order valence-corrected chi connectivity index (χ0v) is 15.6. The summed E-state index contributed by atoms with van der Waals surface area (Å²) in [6.07, 6.45) is 3.48. The standard InChI is InChI=1S/C22H23N5O/c23-20-6-3-18(16-7-9-24-10-8-16)15-21(20)26-22(28)17-1-4-19(5-2-17)27-13-11-25-12-14-27/h1-10,15,25H,11-14,23H2,(H,26,28). The minimum absolute atomic E-state index is 0.176. The van der Waals surface area contributed by atoms with Crippen LogP contribution in [0.1, 0.15) is 10.4 Å². The van der Waals surface area contributed by atoms with Crippen LogP contribution < -0.4 is 21.3 Å². The fourth-order valence-electron chi connectivity index (χ4n) is 3.33. The summed E-state index contributed by atoms with van der Waals surface area (Å²) < 4.78 is 0. The molecule has 1 aliphatic rings. The van der Waals surface area contributed by atoms with Gasteiger partial charge < -0.3 is 21.3 Å². The number of nitrogens with one attached hydrogen (secondary N) is 2. The van der Waals surface area contributed by atoms with E-state index < -0.39 is 0 Å². The molecular formula is C22H23N5O. The number of rotatable bonds is 4. The highest BCUT2D eigenvalue weighted by Gasteiger charge is 2.13. The molecule has 1 aromatic heterocycles. The van der Waals surface area contributed by atoms with Crippen LogP contribution in [-0.2, 0) is 0 Å². The fraction of sp³-hybridized carbons (Fsp3) is 0.182. The van der Waals surface area contributed by atoms with Crippen molar-refractivity contribution in [2.75, 3.05) is 42.1 Å². The number of nitrogens with two attached hydrogens (primary N) is 1. The quantitative estimate of drug-likeness (QED) is 0.613. The van der Waals surface area contributed by atoms with Crippen molar-refractivity contribution in [3.63, 3.8) is 0 Å². The molecule has 0 unspecified atom stereocenters. The molecule has 1 fully saturated rings. The molecule has 4 rings (SSSR count). The van der Waals surface area contributed by atoms with Crippen molar-refractivity contribution in [3.8, 4) is 11.1 Å². The largest absolute Gasteiger partial charge is 0.397 e. The molecule has 0 saturated carbocycles. The number of piperazine rings is 1. The van der Waals surface area contributed by atoms with Crippen LogP contribution in [0.3, 0.4) is 0 Å². The Morgan fingerprint density at radius 2 is 1.68 bits per heavy atom. The second-order valence-corrected chi connectivity index (χ2v) is 6.78. The van der Waals surface area contributed by atoms with Gasteiger partial charge in [0.2, 0.25) is 0 Å². The summed E-state index contributed by atoms with van der Waals surface area (Å²) in [4.78, 5) is 19.1. The number of carbonyl (C=O) groups is 1. The van der Waals surface area contributed by atoms with Crippen LogP contribution in [0, 0.1) is 0 Å². The summed E-state index contributed by atoms with van der Waals surface area (Å²) in [6.45, 7) is 3.92. The first-order chi connectivity index (χ1) is 13.7. The van der Waals surface area contributed by atoms with E-state index in [0.29, 0.717) is 16.9 Å². The molecule has 28 heavy (non-hydrogen) atoms. The number of aromatic nitrogens is 1. The van der Waals surface area contributed by atoms with Crippen molar-refractivity contribution < 1.29 is 4.79 Å². The maximum atomic E-state index is 12.7. The average Bonchev–Trinajstić information content (AvgIpc) is 2.76. The number of nitrogen functional groups attached to an aromatic ring is 1. The van der Waals surface area contributed by atoms with Gasteiger partial charge in [0.1, 0.15) is 0 Å². The maximum absolute atomic E-state index is 12.7. The summed E-state index contributed by atoms with van der Waals surface area (Å²) >= 11 is 0. The Hall–Kier alpha value is -3.38. The summed E-state index contributed by atoms with van der Waals surface area (Å²) in [5.74, 6) is -0.176. The lowest BCUT2D eigenvalue weighted by atomic mass is 10.1. The fourth-order valence-corrected chi connectivity index (χ4v) is 3.33. The summed E-state index contributed by atoms with van der Waals surface area (Å²) in [7, 11) is 0. The topological polar surface area (TPSA) is 83.3 Å². The van der Waals surface area contributed by atoms with Crippen LogP contribution >= 0.6 is 0 Å². The number of hydrogen-bond donors (Lipinski definition) is 3. The van der Waals surface area contributed by atoms with Crippen molar-refractivity contribution in [3.05, 3.63) is 72.6 Å². The molecule has 1 aliphatic heterocycles. The van der Waals surface area contributed by atoms with Crippen LogP contribution in [0.15, 0.2) is 67.0 Å². The Labute approximate surface area is 164 Å². The van der Waals surface area contributed by atoms with Crippen molar-refractivity contribution in [2.45, 2.75) is 0 Å². The molecule has 1 amide bonds. The maximum Gasteiger partial charge on any atom is 0.255 e. The number of amides is 1. The van der Waals surface area contributed by atoms with Gasteiger partial charge in [-0.05, 0) is 59.7 Å². The first-order valence-corrected chi connectivity index (χ1v) is 9.38. The molecule has 0 radical (unpaired) electrons. The van der Waals surface area contributed by atoms with Gasteiger partial charge in [0, 0.05) is 49.8 Å². The average molecular weight is 373 g/mol. The molecule has 2 heterocycles. The van der Waals surface area contributed by atoms with E-state index >= 15 is 0 Å². The van der Waals surface area contributed by atoms with E-state index in [-0.39, 0.29) is 5.91 Å². The van der Waals surface area contributed by atoms with Gasteiger partial charge in [-0.3, -0.25) is 9.78 Å². The summed E-state index contributed by atoms with van der Waals surface area (Å²) in [5.41, 5.74) is 10.9. The SMILES string of the molecule is Nc1ccc(-c2ccncc2)cc1NC(=O)c1ccc(N2CCNCC2)cc1. The molecule has 1 saturated heterocycles. The lowest BCUT2D eigenvalue weighted by molar-refractivity contribution is 0.102. The Bertz CT molecular complexity index is 950. The highest BCUT2D eigenvalue weighted by molar-refractivity contribution is 6.06. The Balaban J connectivity index is 1.50. The van der Waals surface area contributed by atoms with Gasteiger partial charge in [-0.2, -0.15) is 0 Å². The second-order valence-electron chi connectivity index (χ2n) is 6.78. The summed E-state index contributed by atoms with van der Waals surface area (Å²) in [6, 6.07) is 17.2. The molecule has 0 atom stereocenters. The smallest absolute Gasteiger partial charge is 0.255 e. The van der Waals surface area contributed by atoms with Crippen molar-refractivity contribution in [2.24, 2.45) is 0 Å². The zero-order chi connectivity index (χ0) is 19.3. The molecule has 3 aromatic rings. The van der Waals surface area contributed by atoms with Crippen LogP contribution in [0.2, 0.25) is 0 Å². The summed E-state index contributed by atoms with van der Waals surface area (Å²) in [5, 5.41) is 6.27. The molecule has 6 nitrogen and oxygen atoms in total. The third kappa shape index (κ3) is 3.97. The predicted molar refractivity (Wildman–Crippen MR) is 114 cm³/mol. The van der Waals surface area contributed by atoms with Gasteiger partial charge in [-0.1, -0.05) is 6.07 Å². The Kier molecular flexibility index (Phi) is 5.21. The highest BCUT2D eigenvalue weighted by Crippen LogP contribution is 2.27. The number of benzene rings is 2. The van der Waals surface area contributed by atoms with E-state index in [0.717, 1.165) is 43.0 Å². The third-order valence-corrected chi connectivity index (χ3v) is 4.93. The Morgan fingerprint density at radius 3 is 2.39 bits per heavy atom. The molecule has 0 bridgehead atoms. The van der Waals surface area contributed by atoms with E-state index in [1.165, 1.54) is 0 Å². The van der Waals surface area contributed by atoms with E-state index in [2.05, 4.69) is 20.5 Å². The minimum Gasteiger partial charge on any atom is -0.397 e. The lowest BCUT2D eigenvalue weighted by Gasteiger charge is -2.29. The van der Waals surface area contributed by atoms with Crippen molar-refractivity contribution in [1.29, 1.82) is 0 Å². The zero-order valence-electron chi connectivity index (χ0n) is 15.6. The van der Waals surface area contributed by atoms with E-state index in [1.807, 2.05) is 48.5 Å². The second kappa shape index (κ2) is 8.10. The molecule has 142 valence electrons.